The molecule has 0 unspecified atom stereocenters. The smallest absolute Gasteiger partial charge is 0.114 e. The number of nitrogens with zero attached hydrogens (tertiary/aromatic N) is 2. The summed E-state index contributed by atoms with van der Waals surface area (Å²) in [6, 6.07) is 22.2. The molecule has 192 valence electrons. The highest BCUT2D eigenvalue weighted by Crippen LogP contribution is 2.45. The first-order chi connectivity index (χ1) is 19.1. The van der Waals surface area contributed by atoms with Crippen molar-refractivity contribution in [2.75, 3.05) is 12.4 Å². The summed E-state index contributed by atoms with van der Waals surface area (Å²) in [5, 5.41) is 3.19. The van der Waals surface area contributed by atoms with E-state index in [2.05, 4.69) is 91.7 Å². The number of fused-ring (bicyclic) bond motifs is 3. The van der Waals surface area contributed by atoms with Crippen LogP contribution in [0.2, 0.25) is 0 Å². The van der Waals surface area contributed by atoms with Crippen LogP contribution < -0.4 is 5.32 Å². The first-order valence-corrected chi connectivity index (χ1v) is 16.6. The first kappa shape index (κ1) is 24.9. The predicted octanol–water partition coefficient (Wildman–Crippen LogP) is 10.7. The van der Waals surface area contributed by atoms with Crippen LogP contribution in [0.4, 0.5) is 5.69 Å². The van der Waals surface area contributed by atoms with Gasteiger partial charge >= 0.3 is 0 Å². The quantitative estimate of drug-likeness (QED) is 0.201. The van der Waals surface area contributed by atoms with E-state index in [9.17, 15) is 0 Å². The van der Waals surface area contributed by atoms with Crippen LogP contribution in [0.5, 0.6) is 0 Å². The maximum absolute atomic E-state index is 4.74. The van der Waals surface area contributed by atoms with E-state index in [1.54, 1.807) is 11.3 Å². The summed E-state index contributed by atoms with van der Waals surface area (Å²) in [5.74, 6) is 7.26. The highest BCUT2D eigenvalue weighted by Gasteiger charge is 2.18. The van der Waals surface area contributed by atoms with Gasteiger partial charge in [-0.25, -0.2) is 0 Å². The van der Waals surface area contributed by atoms with Crippen molar-refractivity contribution in [1.82, 2.24) is 8.75 Å². The molecule has 1 N–H and O–H groups in total. The monoisotopic (exact) mass is 597 g/mol. The van der Waals surface area contributed by atoms with Crippen molar-refractivity contribution in [1.29, 1.82) is 0 Å². The van der Waals surface area contributed by atoms with Crippen molar-refractivity contribution in [3.8, 4) is 43.2 Å². The zero-order valence-electron chi connectivity index (χ0n) is 21.5. The number of rotatable bonds is 5. The number of benzene rings is 2. The Morgan fingerprint density at radius 3 is 1.87 bits per heavy atom. The van der Waals surface area contributed by atoms with Crippen molar-refractivity contribution < 1.29 is 0 Å². The van der Waals surface area contributed by atoms with Gasteiger partial charge in [-0.1, -0.05) is 50.0 Å². The molecule has 2 aromatic carbocycles. The van der Waals surface area contributed by atoms with E-state index >= 15 is 0 Å². The van der Waals surface area contributed by atoms with Gasteiger partial charge in [0.15, 0.2) is 0 Å². The number of nitrogens with one attached hydrogen (secondary N) is 1. The van der Waals surface area contributed by atoms with E-state index in [1.165, 1.54) is 50.7 Å². The molecule has 0 aliphatic carbocycles. The zero-order valence-corrected chi connectivity index (χ0v) is 25.6. The summed E-state index contributed by atoms with van der Waals surface area (Å²) in [5.41, 5.74) is 6.69. The highest BCUT2D eigenvalue weighted by molar-refractivity contribution is 7.31. The largest absolute Gasteiger partial charge is 0.388 e. The van der Waals surface area contributed by atoms with Crippen molar-refractivity contribution in [2.24, 2.45) is 5.92 Å². The molecule has 0 spiro atoms. The van der Waals surface area contributed by atoms with Gasteiger partial charge < -0.3 is 5.32 Å². The summed E-state index contributed by atoms with van der Waals surface area (Å²) in [6.07, 6.45) is 0.937. The molecule has 0 aliphatic heterocycles. The van der Waals surface area contributed by atoms with Gasteiger partial charge in [-0.05, 0) is 47.9 Å². The molecule has 5 heterocycles. The topological polar surface area (TPSA) is 37.8 Å². The van der Waals surface area contributed by atoms with E-state index in [-0.39, 0.29) is 0 Å². The van der Waals surface area contributed by atoms with Crippen LogP contribution >= 0.6 is 57.1 Å². The van der Waals surface area contributed by atoms with Gasteiger partial charge in [0.1, 0.15) is 11.0 Å². The maximum Gasteiger partial charge on any atom is 0.114 e. The summed E-state index contributed by atoms with van der Waals surface area (Å²) >= 11 is 8.57. The van der Waals surface area contributed by atoms with Gasteiger partial charge in [-0.15, -0.1) is 45.3 Å². The highest BCUT2D eigenvalue weighted by atomic mass is 32.1. The average molecular weight is 598 g/mol. The third-order valence-corrected chi connectivity index (χ3v) is 11.7. The molecule has 0 radical (unpaired) electrons. The predicted molar refractivity (Wildman–Crippen MR) is 176 cm³/mol. The van der Waals surface area contributed by atoms with Crippen molar-refractivity contribution in [3.05, 3.63) is 65.5 Å². The molecule has 0 bridgehead atoms. The minimum Gasteiger partial charge on any atom is -0.388 e. The fourth-order valence-corrected chi connectivity index (χ4v) is 9.85. The molecule has 0 saturated heterocycles. The van der Waals surface area contributed by atoms with Gasteiger partial charge in [0, 0.05) is 63.7 Å². The average Bonchev–Trinajstić information content (AvgIpc) is 3.73. The number of thiophene rings is 4. The summed E-state index contributed by atoms with van der Waals surface area (Å²) in [6.45, 7) is 4.41. The van der Waals surface area contributed by atoms with Gasteiger partial charge in [0.25, 0.3) is 0 Å². The molecule has 0 fully saturated rings. The summed E-state index contributed by atoms with van der Waals surface area (Å²) in [7, 11) is 1.95. The van der Waals surface area contributed by atoms with Gasteiger partial charge in [-0.3, -0.25) is 0 Å². The van der Waals surface area contributed by atoms with Crippen molar-refractivity contribution in [2.45, 2.75) is 20.3 Å². The lowest BCUT2D eigenvalue weighted by Gasteiger charge is -2.03. The standard InChI is InChI=1S/C31H23N3S5/c1-17(2)5-4-6-20-13-26-27(35-20)15-24(37-26)21-11-12-22(31-30(21)33-39-34-31)25-16-29-28(38-25)14-23(36-29)18-7-9-19(32-3)10-8-18/h7-17,32H,5H2,1-3H3. The molecular weight excluding hydrogens is 575 g/mol. The van der Waals surface area contributed by atoms with Gasteiger partial charge in [0.05, 0.1) is 16.6 Å². The lowest BCUT2D eigenvalue weighted by molar-refractivity contribution is 0.676. The molecule has 0 saturated carbocycles. The minimum absolute atomic E-state index is 0.603. The summed E-state index contributed by atoms with van der Waals surface area (Å²) < 4.78 is 14.7. The molecule has 5 aromatic heterocycles. The fourth-order valence-electron chi connectivity index (χ4n) is 4.55. The normalized spacial score (nSPS) is 11.6. The molecule has 39 heavy (non-hydrogen) atoms. The van der Waals surface area contributed by atoms with Gasteiger partial charge in [0.2, 0.25) is 0 Å². The van der Waals surface area contributed by atoms with Crippen LogP contribution in [0.1, 0.15) is 25.1 Å². The Bertz CT molecular complexity index is 1960. The Morgan fingerprint density at radius 1 is 0.718 bits per heavy atom. The third kappa shape index (κ3) is 4.69. The van der Waals surface area contributed by atoms with E-state index in [0.29, 0.717) is 5.92 Å². The SMILES string of the molecule is CNc1ccc(-c2cc3sc(-c4ccc(-c5cc6sc(C#CCC(C)C)cc6s5)c5nsnc45)cc3s2)cc1. The second-order valence-corrected chi connectivity index (χ2v) is 14.6. The van der Waals surface area contributed by atoms with Crippen molar-refractivity contribution >= 4 is 92.6 Å². The lowest BCUT2D eigenvalue weighted by atomic mass is 10.1. The summed E-state index contributed by atoms with van der Waals surface area (Å²) in [4.78, 5) is 4.93. The van der Waals surface area contributed by atoms with Crippen molar-refractivity contribution in [3.63, 3.8) is 0 Å². The number of aromatic nitrogens is 2. The molecular formula is C31H23N3S5. The second-order valence-electron chi connectivity index (χ2n) is 9.75. The van der Waals surface area contributed by atoms with E-state index in [1.807, 2.05) is 41.1 Å². The Hall–Kier alpha value is -3.06. The molecule has 0 amide bonds. The van der Waals surface area contributed by atoms with Crippen LogP contribution in [-0.2, 0) is 0 Å². The van der Waals surface area contributed by atoms with E-state index in [0.717, 1.165) is 39.1 Å². The fraction of sp³-hybridized carbons (Fsp3) is 0.161. The first-order valence-electron chi connectivity index (χ1n) is 12.7. The zero-order chi connectivity index (χ0) is 26.5. The molecule has 0 aliphatic rings. The molecule has 8 heteroatoms. The van der Waals surface area contributed by atoms with Gasteiger partial charge in [-0.2, -0.15) is 8.75 Å². The van der Waals surface area contributed by atoms with E-state index < -0.39 is 0 Å². The third-order valence-electron chi connectivity index (χ3n) is 6.54. The molecule has 0 atom stereocenters. The number of anilines is 1. The Labute approximate surface area is 247 Å². The Balaban J connectivity index is 1.21. The minimum atomic E-state index is 0.603. The Kier molecular flexibility index (Phi) is 6.50. The van der Waals surface area contributed by atoms with Crippen LogP contribution in [0.15, 0.2) is 60.7 Å². The molecule has 3 nitrogen and oxygen atoms in total. The molecule has 7 rings (SSSR count). The number of hydrogen-bond acceptors (Lipinski definition) is 8. The maximum atomic E-state index is 4.74. The van der Waals surface area contributed by atoms with Crippen LogP contribution in [0.25, 0.3) is 61.2 Å². The number of hydrogen-bond donors (Lipinski definition) is 1. The lowest BCUT2D eigenvalue weighted by Crippen LogP contribution is -1.86. The second kappa shape index (κ2) is 10.2. The van der Waals surface area contributed by atoms with Crippen LogP contribution in [-0.4, -0.2) is 15.8 Å². The Morgan fingerprint density at radius 2 is 1.28 bits per heavy atom. The van der Waals surface area contributed by atoms with Crippen LogP contribution in [0, 0.1) is 17.8 Å². The van der Waals surface area contributed by atoms with E-state index in [4.69, 9.17) is 8.75 Å². The van der Waals surface area contributed by atoms with Crippen LogP contribution in [0.3, 0.4) is 0 Å². The molecule has 7 aromatic rings.